The summed E-state index contributed by atoms with van der Waals surface area (Å²) >= 11 is 0. The summed E-state index contributed by atoms with van der Waals surface area (Å²) in [5.41, 5.74) is 3.01. The van der Waals surface area contributed by atoms with Gasteiger partial charge in [0.15, 0.2) is 0 Å². The Morgan fingerprint density at radius 2 is 1.69 bits per heavy atom. The largest absolute Gasteiger partial charge is 0.497 e. The lowest BCUT2D eigenvalue weighted by Gasteiger charge is -2.31. The molecule has 0 unspecified atom stereocenters. The summed E-state index contributed by atoms with van der Waals surface area (Å²) in [4.78, 5) is 28.9. The minimum absolute atomic E-state index is 0.0641. The Hall–Kier alpha value is -4.24. The summed E-state index contributed by atoms with van der Waals surface area (Å²) < 4.78 is 11.9. The predicted octanol–water partition coefficient (Wildman–Crippen LogP) is 2.97. The summed E-state index contributed by atoms with van der Waals surface area (Å²) in [7, 11) is 3.17. The minimum Gasteiger partial charge on any atom is -0.497 e. The first-order chi connectivity index (χ1) is 17.6. The van der Waals surface area contributed by atoms with Crippen LogP contribution in [0.15, 0.2) is 78.9 Å². The van der Waals surface area contributed by atoms with E-state index in [1.165, 1.54) is 0 Å². The molecular formula is C27H29N5O4. The molecule has 186 valence electrons. The molecular weight excluding hydrogens is 458 g/mol. The van der Waals surface area contributed by atoms with Crippen molar-refractivity contribution in [1.82, 2.24) is 25.2 Å². The van der Waals surface area contributed by atoms with Crippen LogP contribution in [0.25, 0.3) is 11.0 Å². The van der Waals surface area contributed by atoms with Crippen molar-refractivity contribution in [2.24, 2.45) is 0 Å². The summed E-state index contributed by atoms with van der Waals surface area (Å²) in [5.74, 6) is 0.156. The van der Waals surface area contributed by atoms with Crippen LogP contribution >= 0.6 is 0 Å². The molecule has 2 amide bonds. The fraction of sp³-hybridized carbons (Fsp3) is 0.259. The van der Waals surface area contributed by atoms with E-state index in [1.54, 1.807) is 23.8 Å². The van der Waals surface area contributed by atoms with E-state index < -0.39 is 6.04 Å². The molecule has 3 aromatic carbocycles. The molecule has 9 heteroatoms. The van der Waals surface area contributed by atoms with E-state index in [2.05, 4.69) is 15.6 Å². The molecule has 0 radical (unpaired) electrons. The first kappa shape index (κ1) is 24.9. The van der Waals surface area contributed by atoms with Gasteiger partial charge in [-0.05, 0) is 35.4 Å². The van der Waals surface area contributed by atoms with Gasteiger partial charge in [-0.15, -0.1) is 5.10 Å². The first-order valence-corrected chi connectivity index (χ1v) is 11.6. The van der Waals surface area contributed by atoms with Crippen LogP contribution in [0, 0.1) is 0 Å². The summed E-state index contributed by atoms with van der Waals surface area (Å²) in [6.07, 6.45) is 0. The number of amides is 2. The van der Waals surface area contributed by atoms with Gasteiger partial charge >= 0.3 is 0 Å². The van der Waals surface area contributed by atoms with Gasteiger partial charge in [0, 0.05) is 20.2 Å². The van der Waals surface area contributed by atoms with Crippen molar-refractivity contribution in [3.05, 3.63) is 90.0 Å². The summed E-state index contributed by atoms with van der Waals surface area (Å²) in [5, 5.41) is 11.2. The number of nitrogens with one attached hydrogen (secondary N) is 1. The van der Waals surface area contributed by atoms with Crippen molar-refractivity contribution >= 4 is 22.8 Å². The lowest BCUT2D eigenvalue weighted by molar-refractivity contribution is -0.142. The second kappa shape index (κ2) is 11.9. The molecule has 1 atom stereocenters. The Bertz CT molecular complexity index is 1290. The Labute approximate surface area is 209 Å². The average Bonchev–Trinajstić information content (AvgIpc) is 3.32. The van der Waals surface area contributed by atoms with E-state index in [0.29, 0.717) is 30.0 Å². The van der Waals surface area contributed by atoms with E-state index in [1.807, 2.05) is 78.9 Å². The second-order valence-corrected chi connectivity index (χ2v) is 8.20. The van der Waals surface area contributed by atoms with Gasteiger partial charge in [-0.2, -0.15) is 0 Å². The molecule has 0 saturated heterocycles. The highest BCUT2D eigenvalue weighted by Gasteiger charge is 2.32. The highest BCUT2D eigenvalue weighted by molar-refractivity contribution is 5.89. The number of nitrogens with zero attached hydrogens (tertiary/aromatic N) is 4. The van der Waals surface area contributed by atoms with Crippen LogP contribution < -0.4 is 10.1 Å². The van der Waals surface area contributed by atoms with Crippen molar-refractivity contribution in [2.75, 3.05) is 27.4 Å². The maximum Gasteiger partial charge on any atom is 0.247 e. The van der Waals surface area contributed by atoms with Gasteiger partial charge < -0.3 is 19.7 Å². The quantitative estimate of drug-likeness (QED) is 0.327. The molecule has 0 saturated carbocycles. The number of methoxy groups -OCH3 is 2. The first-order valence-electron chi connectivity index (χ1n) is 11.6. The lowest BCUT2D eigenvalue weighted by atomic mass is 10.0. The van der Waals surface area contributed by atoms with Gasteiger partial charge in [-0.1, -0.05) is 59.8 Å². The highest BCUT2D eigenvalue weighted by Crippen LogP contribution is 2.25. The number of benzene rings is 3. The van der Waals surface area contributed by atoms with Gasteiger partial charge in [0.1, 0.15) is 23.9 Å². The molecule has 36 heavy (non-hydrogen) atoms. The number of aromatic nitrogens is 3. The minimum atomic E-state index is -0.854. The van der Waals surface area contributed by atoms with Gasteiger partial charge in [-0.25, -0.2) is 4.68 Å². The fourth-order valence-corrected chi connectivity index (χ4v) is 3.99. The molecule has 1 heterocycles. The molecule has 0 aliphatic rings. The maximum absolute atomic E-state index is 13.8. The molecule has 0 fully saturated rings. The monoisotopic (exact) mass is 487 g/mol. The third kappa shape index (κ3) is 5.87. The van der Waals surface area contributed by atoms with Crippen molar-refractivity contribution in [2.45, 2.75) is 19.1 Å². The number of para-hydroxylation sites is 1. The molecule has 1 aromatic heterocycles. The van der Waals surface area contributed by atoms with Gasteiger partial charge in [0.05, 0.1) is 19.2 Å². The molecule has 0 aliphatic carbocycles. The van der Waals surface area contributed by atoms with Crippen molar-refractivity contribution in [1.29, 1.82) is 0 Å². The third-order valence-electron chi connectivity index (χ3n) is 5.82. The van der Waals surface area contributed by atoms with Gasteiger partial charge in [0.25, 0.3) is 0 Å². The summed E-state index contributed by atoms with van der Waals surface area (Å²) in [6.45, 7) is 0.847. The average molecular weight is 488 g/mol. The Balaban J connectivity index is 1.70. The number of hydrogen-bond acceptors (Lipinski definition) is 6. The molecule has 0 spiro atoms. The van der Waals surface area contributed by atoms with E-state index >= 15 is 0 Å². The predicted molar refractivity (Wildman–Crippen MR) is 135 cm³/mol. The van der Waals surface area contributed by atoms with E-state index in [-0.39, 0.29) is 24.9 Å². The van der Waals surface area contributed by atoms with Crippen molar-refractivity contribution < 1.29 is 19.1 Å². The number of carbonyl (C=O) groups excluding carboxylic acids is 2. The number of hydrogen-bond donors (Lipinski definition) is 1. The van der Waals surface area contributed by atoms with Crippen LogP contribution in [0.3, 0.4) is 0 Å². The third-order valence-corrected chi connectivity index (χ3v) is 5.82. The van der Waals surface area contributed by atoms with Crippen molar-refractivity contribution in [3.63, 3.8) is 0 Å². The maximum atomic E-state index is 13.8. The molecule has 0 aliphatic heterocycles. The van der Waals surface area contributed by atoms with E-state index in [4.69, 9.17) is 9.47 Å². The number of carbonyl (C=O) groups is 2. The zero-order chi connectivity index (χ0) is 25.3. The van der Waals surface area contributed by atoms with Gasteiger partial charge in [0.2, 0.25) is 11.8 Å². The van der Waals surface area contributed by atoms with Gasteiger partial charge in [-0.3, -0.25) is 9.59 Å². The van der Waals surface area contributed by atoms with E-state index in [0.717, 1.165) is 11.1 Å². The van der Waals surface area contributed by atoms with Crippen molar-refractivity contribution in [3.8, 4) is 5.75 Å². The molecule has 1 N–H and O–H groups in total. The number of ether oxygens (including phenoxy) is 2. The molecule has 0 bridgehead atoms. The highest BCUT2D eigenvalue weighted by atomic mass is 16.5. The van der Waals surface area contributed by atoms with E-state index in [9.17, 15) is 9.59 Å². The zero-order valence-corrected chi connectivity index (χ0v) is 20.3. The standard InChI is InChI=1S/C27H29N5O4/c1-35-17-16-28-27(34)26(21-8-4-3-5-9-21)31(18-20-12-14-22(36-2)15-13-20)25(33)19-32-24-11-7-6-10-23(24)29-30-32/h3-15,26H,16-19H2,1-2H3,(H,28,34)/t26-/m1/s1. The van der Waals surface area contributed by atoms with Crippen LogP contribution in [0.1, 0.15) is 17.2 Å². The van der Waals surface area contributed by atoms with Crippen LogP contribution in [-0.4, -0.2) is 59.1 Å². The zero-order valence-electron chi connectivity index (χ0n) is 20.3. The fourth-order valence-electron chi connectivity index (χ4n) is 3.99. The summed E-state index contributed by atoms with van der Waals surface area (Å²) in [6, 6.07) is 23.3. The Morgan fingerprint density at radius 3 is 2.42 bits per heavy atom. The Morgan fingerprint density at radius 1 is 0.972 bits per heavy atom. The number of fused-ring (bicyclic) bond motifs is 1. The van der Waals surface area contributed by atoms with Crippen LogP contribution in [0.4, 0.5) is 0 Å². The molecule has 4 rings (SSSR count). The smallest absolute Gasteiger partial charge is 0.247 e. The molecule has 9 nitrogen and oxygen atoms in total. The van der Waals surface area contributed by atoms with Crippen LogP contribution in [-0.2, 0) is 27.4 Å². The second-order valence-electron chi connectivity index (χ2n) is 8.20. The van der Waals surface area contributed by atoms with Crippen LogP contribution in [0.2, 0.25) is 0 Å². The Kier molecular flexibility index (Phi) is 8.25. The lowest BCUT2D eigenvalue weighted by Crippen LogP contribution is -2.45. The normalized spacial score (nSPS) is 11.7. The topological polar surface area (TPSA) is 98.6 Å². The SMILES string of the molecule is COCCNC(=O)[C@@H](c1ccccc1)N(Cc1ccc(OC)cc1)C(=O)Cn1nnc2ccccc21. The molecule has 4 aromatic rings. The number of rotatable bonds is 11. The van der Waals surface area contributed by atoms with Crippen LogP contribution in [0.5, 0.6) is 5.75 Å².